The second kappa shape index (κ2) is 7.26. The minimum absolute atomic E-state index is 0.402. The molecule has 0 unspecified atom stereocenters. The number of benzene rings is 1. The van der Waals surface area contributed by atoms with Gasteiger partial charge in [-0.1, -0.05) is 0 Å². The number of nitro groups is 2. The van der Waals surface area contributed by atoms with Gasteiger partial charge in [0.05, 0.1) is 34.7 Å². The molecule has 0 aromatic heterocycles. The van der Waals surface area contributed by atoms with Gasteiger partial charge in [-0.15, -0.1) is 0 Å². The zero-order chi connectivity index (χ0) is 17.7. The molecule has 2 N–H and O–H groups in total. The van der Waals surface area contributed by atoms with Crippen LogP contribution >= 0.6 is 0 Å². The summed E-state index contributed by atoms with van der Waals surface area (Å²) in [5.74, 6) is -1.94. The maximum Gasteiger partial charge on any atom is 0.331 e. The fraction of sp³-hybridized carbons (Fsp3) is 0.333. The van der Waals surface area contributed by atoms with Gasteiger partial charge >= 0.3 is 5.97 Å². The summed E-state index contributed by atoms with van der Waals surface area (Å²) >= 11 is 0. The number of methoxy groups -OCH3 is 1. The summed E-state index contributed by atoms with van der Waals surface area (Å²) < 4.78 is 4.40. The van der Waals surface area contributed by atoms with E-state index in [2.05, 4.69) is 10.1 Å². The highest BCUT2D eigenvalue weighted by atomic mass is 16.6. The number of nitro benzene ring substituents is 2. The molecule has 1 aromatic carbocycles. The molecule has 0 saturated carbocycles. The number of hydrogen-bond acceptors (Lipinski definition) is 8. The fourth-order valence-corrected chi connectivity index (χ4v) is 1.67. The molecule has 1 rings (SSSR count). The molecule has 11 nitrogen and oxygen atoms in total. The SMILES string of the molecule is COC(=O)[C@H](NC(=O)c1cc([N+](=O)[O-])cc([N+](=O)[O-])c1)[C@@H](C)O. The minimum atomic E-state index is -1.43. The summed E-state index contributed by atoms with van der Waals surface area (Å²) in [6.07, 6.45) is -1.31. The Labute approximate surface area is 129 Å². The number of nitrogens with one attached hydrogen (secondary N) is 1. The van der Waals surface area contributed by atoms with E-state index in [0.717, 1.165) is 19.2 Å². The van der Waals surface area contributed by atoms with Crippen LogP contribution in [-0.2, 0) is 9.53 Å². The Balaban J connectivity index is 3.18. The third-order valence-corrected chi connectivity index (χ3v) is 2.81. The van der Waals surface area contributed by atoms with Crippen LogP contribution in [0.2, 0.25) is 0 Å². The second-order valence-corrected chi connectivity index (χ2v) is 4.47. The molecule has 0 saturated heterocycles. The van der Waals surface area contributed by atoms with Gasteiger partial charge in [0.15, 0.2) is 6.04 Å². The molecule has 0 aliphatic carbocycles. The Morgan fingerprint density at radius 1 is 1.17 bits per heavy atom. The highest BCUT2D eigenvalue weighted by Crippen LogP contribution is 2.22. The van der Waals surface area contributed by atoms with Crippen LogP contribution in [0.3, 0.4) is 0 Å². The lowest BCUT2D eigenvalue weighted by Gasteiger charge is -2.18. The van der Waals surface area contributed by atoms with E-state index in [1.807, 2.05) is 0 Å². The summed E-state index contributed by atoms with van der Waals surface area (Å²) in [7, 11) is 1.04. The largest absolute Gasteiger partial charge is 0.467 e. The fourth-order valence-electron chi connectivity index (χ4n) is 1.67. The van der Waals surface area contributed by atoms with E-state index in [1.54, 1.807) is 0 Å². The van der Waals surface area contributed by atoms with E-state index in [4.69, 9.17) is 0 Å². The van der Waals surface area contributed by atoms with Gasteiger partial charge in [0, 0.05) is 12.1 Å². The standard InChI is InChI=1S/C12H13N3O8/c1-6(16)10(12(18)23-2)13-11(17)7-3-8(14(19)20)5-9(4-7)15(21)22/h3-6,10,16H,1-2H3,(H,13,17)/t6-,10-/m1/s1. The van der Waals surface area contributed by atoms with Crippen LogP contribution in [0.25, 0.3) is 0 Å². The van der Waals surface area contributed by atoms with Crippen molar-refractivity contribution in [3.8, 4) is 0 Å². The first-order valence-corrected chi connectivity index (χ1v) is 6.18. The van der Waals surface area contributed by atoms with E-state index in [1.165, 1.54) is 6.92 Å². The smallest absolute Gasteiger partial charge is 0.331 e. The maximum atomic E-state index is 12.1. The van der Waals surface area contributed by atoms with E-state index < -0.39 is 50.8 Å². The van der Waals surface area contributed by atoms with E-state index in [9.17, 15) is 34.9 Å². The molecule has 1 aromatic rings. The van der Waals surface area contributed by atoms with Crippen LogP contribution in [-0.4, -0.2) is 46.1 Å². The Morgan fingerprint density at radius 2 is 1.65 bits per heavy atom. The van der Waals surface area contributed by atoms with Crippen LogP contribution in [0.15, 0.2) is 18.2 Å². The van der Waals surface area contributed by atoms with Crippen LogP contribution in [0.4, 0.5) is 11.4 Å². The first-order chi connectivity index (χ1) is 10.7. The van der Waals surface area contributed by atoms with Gasteiger partial charge in [-0.25, -0.2) is 4.79 Å². The number of carbonyl (C=O) groups excluding carboxylic acids is 2. The van der Waals surface area contributed by atoms with E-state index in [0.29, 0.717) is 6.07 Å². The molecule has 0 heterocycles. The lowest BCUT2D eigenvalue weighted by molar-refractivity contribution is -0.394. The third-order valence-electron chi connectivity index (χ3n) is 2.81. The van der Waals surface area contributed by atoms with Crippen LogP contribution in [0.5, 0.6) is 0 Å². The number of esters is 1. The van der Waals surface area contributed by atoms with Crippen molar-refractivity contribution in [2.24, 2.45) is 0 Å². The number of rotatable bonds is 6. The summed E-state index contributed by atoms with van der Waals surface area (Å²) in [5, 5.41) is 33.1. The summed E-state index contributed by atoms with van der Waals surface area (Å²) in [6.45, 7) is 1.22. The van der Waals surface area contributed by atoms with Crippen molar-refractivity contribution in [3.63, 3.8) is 0 Å². The third kappa shape index (κ3) is 4.44. The molecular weight excluding hydrogens is 314 g/mol. The number of carbonyl (C=O) groups is 2. The van der Waals surface area contributed by atoms with Crippen molar-refractivity contribution in [2.75, 3.05) is 7.11 Å². The molecular formula is C12H13N3O8. The van der Waals surface area contributed by atoms with Crippen molar-refractivity contribution in [2.45, 2.75) is 19.1 Å². The topological polar surface area (TPSA) is 162 Å². The van der Waals surface area contributed by atoms with Gasteiger partial charge in [-0.3, -0.25) is 25.0 Å². The number of hydrogen-bond donors (Lipinski definition) is 2. The zero-order valence-corrected chi connectivity index (χ0v) is 12.1. The van der Waals surface area contributed by atoms with Crippen molar-refractivity contribution >= 4 is 23.3 Å². The Hall–Kier alpha value is -3.08. The van der Waals surface area contributed by atoms with Crippen molar-refractivity contribution in [1.82, 2.24) is 5.32 Å². The minimum Gasteiger partial charge on any atom is -0.467 e. The molecule has 0 fully saturated rings. The van der Waals surface area contributed by atoms with E-state index in [-0.39, 0.29) is 0 Å². The lowest BCUT2D eigenvalue weighted by Crippen LogP contribution is -2.48. The average molecular weight is 327 g/mol. The van der Waals surface area contributed by atoms with Crippen LogP contribution in [0, 0.1) is 20.2 Å². The van der Waals surface area contributed by atoms with Gasteiger partial charge in [-0.2, -0.15) is 0 Å². The first kappa shape index (κ1) is 18.0. The predicted molar refractivity (Wildman–Crippen MR) is 74.7 cm³/mol. The van der Waals surface area contributed by atoms with Gasteiger partial charge in [0.1, 0.15) is 0 Å². The normalized spacial score (nSPS) is 12.8. The van der Waals surface area contributed by atoms with Crippen LogP contribution < -0.4 is 5.32 Å². The molecule has 2 atom stereocenters. The van der Waals surface area contributed by atoms with Crippen molar-refractivity contribution < 1.29 is 29.3 Å². The quantitative estimate of drug-likeness (QED) is 0.424. The molecule has 0 aliphatic heterocycles. The number of nitrogens with zero attached hydrogens (tertiary/aromatic N) is 2. The highest BCUT2D eigenvalue weighted by Gasteiger charge is 2.28. The average Bonchev–Trinajstić information content (AvgIpc) is 2.50. The zero-order valence-electron chi connectivity index (χ0n) is 12.1. The van der Waals surface area contributed by atoms with Gasteiger partial charge < -0.3 is 15.2 Å². The molecule has 0 aliphatic rings. The molecule has 1 amide bonds. The molecule has 11 heteroatoms. The van der Waals surface area contributed by atoms with E-state index >= 15 is 0 Å². The molecule has 0 spiro atoms. The van der Waals surface area contributed by atoms with Crippen molar-refractivity contribution in [3.05, 3.63) is 44.0 Å². The molecule has 124 valence electrons. The molecule has 0 radical (unpaired) electrons. The monoisotopic (exact) mass is 327 g/mol. The van der Waals surface area contributed by atoms with Gasteiger partial charge in [0.25, 0.3) is 17.3 Å². The summed E-state index contributed by atoms with van der Waals surface area (Å²) in [5.41, 5.74) is -1.72. The molecule has 23 heavy (non-hydrogen) atoms. The molecule has 0 bridgehead atoms. The first-order valence-electron chi connectivity index (χ1n) is 6.18. The number of aliphatic hydroxyl groups is 1. The number of amides is 1. The van der Waals surface area contributed by atoms with Gasteiger partial charge in [0.2, 0.25) is 0 Å². The Kier molecular flexibility index (Phi) is 5.68. The second-order valence-electron chi connectivity index (χ2n) is 4.47. The number of ether oxygens (including phenoxy) is 1. The summed E-state index contributed by atoms with van der Waals surface area (Å²) in [4.78, 5) is 43.3. The van der Waals surface area contributed by atoms with Crippen LogP contribution in [0.1, 0.15) is 17.3 Å². The van der Waals surface area contributed by atoms with Gasteiger partial charge in [-0.05, 0) is 6.92 Å². The maximum absolute atomic E-state index is 12.1. The number of non-ortho nitro benzene ring substituents is 2. The predicted octanol–water partition coefficient (Wildman–Crippen LogP) is 0.155. The lowest BCUT2D eigenvalue weighted by atomic mass is 10.1. The Bertz CT molecular complexity index is 625. The number of aliphatic hydroxyl groups excluding tert-OH is 1. The Morgan fingerprint density at radius 3 is 2.00 bits per heavy atom. The summed E-state index contributed by atoms with van der Waals surface area (Å²) in [6, 6.07) is 0.909. The van der Waals surface area contributed by atoms with Crippen molar-refractivity contribution in [1.29, 1.82) is 0 Å². The highest BCUT2D eigenvalue weighted by molar-refractivity contribution is 5.98.